The Hall–Kier alpha value is -2.75. The molecule has 0 bridgehead atoms. The van der Waals surface area contributed by atoms with Gasteiger partial charge < -0.3 is 15.9 Å². The van der Waals surface area contributed by atoms with Crippen molar-refractivity contribution in [2.45, 2.75) is 33.6 Å². The summed E-state index contributed by atoms with van der Waals surface area (Å²) in [5.41, 5.74) is 9.29. The average molecular weight is 327 g/mol. The molecule has 128 valence electrons. The number of allylic oxidation sites excluding steroid dienone is 2. The third-order valence-corrected chi connectivity index (χ3v) is 3.50. The van der Waals surface area contributed by atoms with Crippen LogP contribution >= 0.6 is 0 Å². The van der Waals surface area contributed by atoms with Crippen LogP contribution in [0.3, 0.4) is 0 Å². The zero-order chi connectivity index (χ0) is 18.1. The second-order valence-corrected chi connectivity index (χ2v) is 5.37. The van der Waals surface area contributed by atoms with E-state index in [1.807, 2.05) is 24.3 Å². The second kappa shape index (κ2) is 9.40. The molecule has 0 aliphatic carbocycles. The van der Waals surface area contributed by atoms with E-state index in [0.29, 0.717) is 0 Å². The molecule has 0 aliphatic rings. The lowest BCUT2D eigenvalue weighted by molar-refractivity contribution is -0.115. The van der Waals surface area contributed by atoms with Crippen LogP contribution in [0.1, 0.15) is 44.7 Å². The molecule has 0 spiro atoms. The van der Waals surface area contributed by atoms with Crippen molar-refractivity contribution < 1.29 is 15.0 Å². The topological polar surface area (TPSA) is 83.6 Å². The zero-order valence-corrected chi connectivity index (χ0v) is 14.4. The SMILES string of the molecule is CC(N)=O.CC/C(=C(/CC)c1ccc(O)cc1)c1ccc(O)cc1. The summed E-state index contributed by atoms with van der Waals surface area (Å²) >= 11 is 0. The van der Waals surface area contributed by atoms with Gasteiger partial charge in [-0.1, -0.05) is 38.1 Å². The van der Waals surface area contributed by atoms with Gasteiger partial charge in [0.15, 0.2) is 0 Å². The van der Waals surface area contributed by atoms with Crippen molar-refractivity contribution in [3.63, 3.8) is 0 Å². The van der Waals surface area contributed by atoms with Crippen LogP contribution in [0.4, 0.5) is 0 Å². The first kappa shape index (κ1) is 19.3. The van der Waals surface area contributed by atoms with Crippen molar-refractivity contribution >= 4 is 17.1 Å². The number of phenols is 2. The largest absolute Gasteiger partial charge is 0.508 e. The molecule has 24 heavy (non-hydrogen) atoms. The van der Waals surface area contributed by atoms with Gasteiger partial charge in [-0.05, 0) is 59.4 Å². The number of carbonyl (C=O) groups is 1. The number of benzene rings is 2. The highest BCUT2D eigenvalue weighted by molar-refractivity contribution is 5.90. The molecule has 0 unspecified atom stereocenters. The Bertz CT molecular complexity index is 626. The number of rotatable bonds is 4. The van der Waals surface area contributed by atoms with Crippen LogP contribution in [-0.2, 0) is 4.79 Å². The molecule has 4 N–H and O–H groups in total. The van der Waals surface area contributed by atoms with Crippen LogP contribution in [0, 0.1) is 0 Å². The predicted molar refractivity (Wildman–Crippen MR) is 98.5 cm³/mol. The monoisotopic (exact) mass is 327 g/mol. The molecular formula is C20H25NO3. The van der Waals surface area contributed by atoms with Gasteiger partial charge in [0.1, 0.15) is 11.5 Å². The molecule has 0 aliphatic heterocycles. The molecule has 2 aromatic carbocycles. The van der Waals surface area contributed by atoms with E-state index in [4.69, 9.17) is 0 Å². The van der Waals surface area contributed by atoms with Gasteiger partial charge in [-0.3, -0.25) is 4.79 Å². The summed E-state index contributed by atoms with van der Waals surface area (Å²) in [6.07, 6.45) is 1.85. The molecule has 0 aromatic heterocycles. The number of nitrogens with two attached hydrogens (primary N) is 1. The highest BCUT2D eigenvalue weighted by Crippen LogP contribution is 2.32. The number of carbonyl (C=O) groups excluding carboxylic acids is 1. The van der Waals surface area contributed by atoms with Crippen LogP contribution in [0.5, 0.6) is 11.5 Å². The van der Waals surface area contributed by atoms with Gasteiger partial charge in [0.25, 0.3) is 0 Å². The number of amides is 1. The summed E-state index contributed by atoms with van der Waals surface area (Å²) in [5, 5.41) is 18.8. The van der Waals surface area contributed by atoms with Gasteiger partial charge in [0, 0.05) is 6.92 Å². The quantitative estimate of drug-likeness (QED) is 0.731. The predicted octanol–water partition coefficient (Wildman–Crippen LogP) is 4.32. The van der Waals surface area contributed by atoms with E-state index in [-0.39, 0.29) is 17.4 Å². The van der Waals surface area contributed by atoms with Crippen molar-refractivity contribution in [2.24, 2.45) is 5.73 Å². The minimum Gasteiger partial charge on any atom is -0.508 e. The minimum absolute atomic E-state index is 0.284. The molecule has 2 rings (SSSR count). The Morgan fingerprint density at radius 2 is 1.04 bits per heavy atom. The standard InChI is InChI=1S/C18H20O2.C2H5NO/c1-3-17(13-5-9-15(19)10-6-13)18(4-2)14-7-11-16(20)12-8-14;1-2(3)4/h5-12,19-20H,3-4H2,1-2H3;1H3,(H2,3,4)/b18-17+;. The third-order valence-electron chi connectivity index (χ3n) is 3.50. The normalized spacial score (nSPS) is 11.1. The summed E-state index contributed by atoms with van der Waals surface area (Å²) < 4.78 is 0. The highest BCUT2D eigenvalue weighted by atomic mass is 16.3. The molecule has 0 saturated heterocycles. The van der Waals surface area contributed by atoms with E-state index in [0.717, 1.165) is 24.0 Å². The lowest BCUT2D eigenvalue weighted by Gasteiger charge is -2.14. The summed E-state index contributed by atoms with van der Waals surface area (Å²) in [4.78, 5) is 9.22. The van der Waals surface area contributed by atoms with Gasteiger partial charge in [-0.15, -0.1) is 0 Å². The number of aromatic hydroxyl groups is 2. The third kappa shape index (κ3) is 5.80. The first-order chi connectivity index (χ1) is 11.4. The van der Waals surface area contributed by atoms with Crippen molar-refractivity contribution in [1.82, 2.24) is 0 Å². The van der Waals surface area contributed by atoms with Crippen LogP contribution in [0.2, 0.25) is 0 Å². The summed E-state index contributed by atoms with van der Waals surface area (Å²) in [7, 11) is 0. The van der Waals surface area contributed by atoms with E-state index >= 15 is 0 Å². The van der Waals surface area contributed by atoms with Gasteiger partial charge in [-0.2, -0.15) is 0 Å². The van der Waals surface area contributed by atoms with E-state index < -0.39 is 0 Å². The Morgan fingerprint density at radius 1 is 0.792 bits per heavy atom. The molecule has 0 heterocycles. The smallest absolute Gasteiger partial charge is 0.214 e. The van der Waals surface area contributed by atoms with Gasteiger partial charge in [-0.25, -0.2) is 0 Å². The Kier molecular flexibility index (Phi) is 7.56. The summed E-state index contributed by atoms with van der Waals surface area (Å²) in [5.74, 6) is 0.235. The maximum absolute atomic E-state index is 9.41. The number of phenolic OH excluding ortho intramolecular Hbond substituents is 2. The number of hydrogen-bond donors (Lipinski definition) is 3. The zero-order valence-electron chi connectivity index (χ0n) is 14.4. The van der Waals surface area contributed by atoms with Crippen molar-refractivity contribution in [3.05, 3.63) is 59.7 Å². The lowest BCUT2D eigenvalue weighted by atomic mass is 9.91. The molecular weight excluding hydrogens is 302 g/mol. The molecule has 0 fully saturated rings. The van der Waals surface area contributed by atoms with Crippen molar-refractivity contribution in [1.29, 1.82) is 0 Å². The molecule has 0 saturated carbocycles. The fourth-order valence-electron chi connectivity index (χ4n) is 2.51. The Morgan fingerprint density at radius 3 is 1.25 bits per heavy atom. The van der Waals surface area contributed by atoms with E-state index in [9.17, 15) is 15.0 Å². The van der Waals surface area contributed by atoms with Crippen molar-refractivity contribution in [2.75, 3.05) is 0 Å². The fraction of sp³-hybridized carbons (Fsp3) is 0.250. The Balaban J connectivity index is 0.000000648. The molecule has 0 radical (unpaired) electrons. The molecule has 4 nitrogen and oxygen atoms in total. The lowest BCUT2D eigenvalue weighted by Crippen LogP contribution is -2.01. The Labute approximate surface area is 143 Å². The van der Waals surface area contributed by atoms with Gasteiger partial charge in [0.2, 0.25) is 5.91 Å². The van der Waals surface area contributed by atoms with E-state index in [2.05, 4.69) is 19.6 Å². The van der Waals surface area contributed by atoms with Crippen LogP contribution in [-0.4, -0.2) is 16.1 Å². The average Bonchev–Trinajstić information content (AvgIpc) is 2.54. The molecule has 1 amide bonds. The highest BCUT2D eigenvalue weighted by Gasteiger charge is 2.09. The van der Waals surface area contributed by atoms with E-state index in [1.165, 1.54) is 18.1 Å². The minimum atomic E-state index is -0.333. The first-order valence-corrected chi connectivity index (χ1v) is 7.95. The first-order valence-electron chi connectivity index (χ1n) is 7.95. The van der Waals surface area contributed by atoms with Crippen molar-refractivity contribution in [3.8, 4) is 11.5 Å². The number of primary amides is 1. The summed E-state index contributed by atoms with van der Waals surface area (Å²) in [6.45, 7) is 5.58. The summed E-state index contributed by atoms with van der Waals surface area (Å²) in [6, 6.07) is 14.7. The second-order valence-electron chi connectivity index (χ2n) is 5.37. The van der Waals surface area contributed by atoms with Crippen LogP contribution in [0.25, 0.3) is 11.1 Å². The van der Waals surface area contributed by atoms with Gasteiger partial charge >= 0.3 is 0 Å². The maximum Gasteiger partial charge on any atom is 0.214 e. The molecule has 0 atom stereocenters. The van der Waals surface area contributed by atoms with Crippen LogP contribution < -0.4 is 5.73 Å². The van der Waals surface area contributed by atoms with E-state index in [1.54, 1.807) is 24.3 Å². The van der Waals surface area contributed by atoms with Crippen LogP contribution in [0.15, 0.2) is 48.5 Å². The molecule has 4 heteroatoms. The molecule has 2 aromatic rings. The maximum atomic E-state index is 9.41. The fourth-order valence-corrected chi connectivity index (χ4v) is 2.51. The number of hydrogen-bond acceptors (Lipinski definition) is 3. The van der Waals surface area contributed by atoms with Gasteiger partial charge in [0.05, 0.1) is 0 Å².